The number of nitrogens with one attached hydrogen (secondary N) is 1. The average Bonchev–Trinajstić information content (AvgIpc) is 2.39. The standard InChI is InChI=1S/C12H7BrClN5/c13-7-2-1-3-8(6-7)15-12-11-9(17-19-18-12)4-5-10(14)16-11/h1-6H,(H,15,17,18). The molecule has 0 aliphatic rings. The van der Waals surface area contributed by atoms with Crippen LogP contribution in [0.5, 0.6) is 0 Å². The molecule has 3 aromatic rings. The molecule has 0 bridgehead atoms. The number of benzene rings is 1. The van der Waals surface area contributed by atoms with Gasteiger partial charge in [0.15, 0.2) is 5.82 Å². The minimum atomic E-state index is 0.389. The number of pyridine rings is 1. The van der Waals surface area contributed by atoms with Crippen molar-refractivity contribution >= 4 is 50.1 Å². The maximum absolute atomic E-state index is 5.90. The molecule has 3 rings (SSSR count). The second kappa shape index (κ2) is 5.07. The molecule has 0 unspecified atom stereocenters. The molecule has 0 atom stereocenters. The molecule has 0 saturated heterocycles. The first-order valence-electron chi connectivity index (χ1n) is 5.40. The van der Waals surface area contributed by atoms with Crippen molar-refractivity contribution in [2.45, 2.75) is 0 Å². The van der Waals surface area contributed by atoms with Crippen LogP contribution in [0.1, 0.15) is 0 Å². The predicted octanol–water partition coefficient (Wildman–Crippen LogP) is 3.58. The fourth-order valence-corrected chi connectivity index (χ4v) is 2.18. The quantitative estimate of drug-likeness (QED) is 0.725. The molecular formula is C12H7BrClN5. The van der Waals surface area contributed by atoms with Gasteiger partial charge in [-0.05, 0) is 35.5 Å². The predicted molar refractivity (Wildman–Crippen MR) is 77.6 cm³/mol. The van der Waals surface area contributed by atoms with Crippen molar-refractivity contribution in [2.75, 3.05) is 5.32 Å². The summed E-state index contributed by atoms with van der Waals surface area (Å²) in [5, 5.41) is 15.1. The lowest BCUT2D eigenvalue weighted by Crippen LogP contribution is -2.00. The number of aromatic nitrogens is 4. The van der Waals surface area contributed by atoms with Gasteiger partial charge in [0, 0.05) is 10.2 Å². The number of halogens is 2. The number of hydrogen-bond donors (Lipinski definition) is 1. The zero-order valence-corrected chi connectivity index (χ0v) is 11.9. The first-order valence-corrected chi connectivity index (χ1v) is 6.58. The molecule has 0 spiro atoms. The van der Waals surface area contributed by atoms with Crippen molar-refractivity contribution < 1.29 is 0 Å². The van der Waals surface area contributed by atoms with E-state index in [0.29, 0.717) is 22.0 Å². The lowest BCUT2D eigenvalue weighted by Gasteiger charge is -2.06. The minimum absolute atomic E-state index is 0.389. The Bertz CT molecular complexity index is 749. The van der Waals surface area contributed by atoms with Gasteiger partial charge in [-0.2, -0.15) is 0 Å². The van der Waals surface area contributed by atoms with E-state index in [1.807, 2.05) is 24.3 Å². The Morgan fingerprint density at radius 2 is 2.00 bits per heavy atom. The summed E-state index contributed by atoms with van der Waals surface area (Å²) in [6.07, 6.45) is 0. The Labute approximate surface area is 122 Å². The van der Waals surface area contributed by atoms with E-state index < -0.39 is 0 Å². The van der Waals surface area contributed by atoms with Crippen molar-refractivity contribution in [3.63, 3.8) is 0 Å². The van der Waals surface area contributed by atoms with Crippen LogP contribution in [0.15, 0.2) is 40.9 Å². The van der Waals surface area contributed by atoms with E-state index in [-0.39, 0.29) is 0 Å². The molecule has 2 heterocycles. The average molecular weight is 337 g/mol. The molecule has 94 valence electrons. The molecule has 0 fully saturated rings. The van der Waals surface area contributed by atoms with E-state index in [9.17, 15) is 0 Å². The van der Waals surface area contributed by atoms with Crippen LogP contribution >= 0.6 is 27.5 Å². The first-order chi connectivity index (χ1) is 9.22. The smallest absolute Gasteiger partial charge is 0.183 e. The maximum Gasteiger partial charge on any atom is 0.183 e. The van der Waals surface area contributed by atoms with E-state index >= 15 is 0 Å². The van der Waals surface area contributed by atoms with Crippen LogP contribution < -0.4 is 5.32 Å². The SMILES string of the molecule is Clc1ccc2nnnc(Nc3cccc(Br)c3)c2n1. The van der Waals surface area contributed by atoms with Gasteiger partial charge in [-0.3, -0.25) is 0 Å². The van der Waals surface area contributed by atoms with Gasteiger partial charge in [0.1, 0.15) is 16.2 Å². The Morgan fingerprint density at radius 1 is 1.11 bits per heavy atom. The molecule has 0 aliphatic carbocycles. The van der Waals surface area contributed by atoms with Gasteiger partial charge in [0.05, 0.1) is 0 Å². The summed E-state index contributed by atoms with van der Waals surface area (Å²) in [5.41, 5.74) is 2.09. The molecule has 0 aliphatic heterocycles. The van der Waals surface area contributed by atoms with Crippen molar-refractivity contribution in [3.05, 3.63) is 46.0 Å². The Hall–Kier alpha value is -1.79. The summed E-state index contributed by atoms with van der Waals surface area (Å²) >= 11 is 9.31. The summed E-state index contributed by atoms with van der Waals surface area (Å²) in [6.45, 7) is 0. The van der Waals surface area contributed by atoms with Gasteiger partial charge in [-0.25, -0.2) is 4.98 Å². The van der Waals surface area contributed by atoms with Gasteiger partial charge in [-0.15, -0.1) is 10.2 Å². The van der Waals surface area contributed by atoms with E-state index in [2.05, 4.69) is 41.6 Å². The Balaban J connectivity index is 2.07. The minimum Gasteiger partial charge on any atom is -0.337 e. The van der Waals surface area contributed by atoms with Crippen LogP contribution in [-0.2, 0) is 0 Å². The molecule has 19 heavy (non-hydrogen) atoms. The van der Waals surface area contributed by atoms with Gasteiger partial charge < -0.3 is 5.32 Å². The Morgan fingerprint density at radius 3 is 2.84 bits per heavy atom. The van der Waals surface area contributed by atoms with Crippen molar-refractivity contribution in [2.24, 2.45) is 0 Å². The van der Waals surface area contributed by atoms with Gasteiger partial charge >= 0.3 is 0 Å². The largest absolute Gasteiger partial charge is 0.337 e. The number of fused-ring (bicyclic) bond motifs is 1. The lowest BCUT2D eigenvalue weighted by atomic mass is 10.3. The highest BCUT2D eigenvalue weighted by molar-refractivity contribution is 9.10. The fourth-order valence-electron chi connectivity index (χ4n) is 1.63. The molecule has 0 saturated carbocycles. The molecular weight excluding hydrogens is 330 g/mol. The molecule has 1 N–H and O–H groups in total. The van der Waals surface area contributed by atoms with E-state index in [1.54, 1.807) is 12.1 Å². The Kier molecular flexibility index (Phi) is 3.27. The van der Waals surface area contributed by atoms with Crippen LogP contribution in [0.3, 0.4) is 0 Å². The van der Waals surface area contributed by atoms with Crippen LogP contribution in [-0.4, -0.2) is 20.4 Å². The van der Waals surface area contributed by atoms with E-state index in [0.717, 1.165) is 10.2 Å². The highest BCUT2D eigenvalue weighted by atomic mass is 79.9. The highest BCUT2D eigenvalue weighted by Gasteiger charge is 2.07. The van der Waals surface area contributed by atoms with Crippen molar-refractivity contribution in [3.8, 4) is 0 Å². The number of hydrogen-bond acceptors (Lipinski definition) is 5. The zero-order chi connectivity index (χ0) is 13.2. The van der Waals surface area contributed by atoms with E-state index in [1.165, 1.54) is 0 Å². The van der Waals surface area contributed by atoms with Crippen LogP contribution in [0.4, 0.5) is 11.5 Å². The normalized spacial score (nSPS) is 10.6. The van der Waals surface area contributed by atoms with E-state index in [4.69, 9.17) is 11.6 Å². The lowest BCUT2D eigenvalue weighted by molar-refractivity contribution is 0.897. The summed E-state index contributed by atoms with van der Waals surface area (Å²) in [7, 11) is 0. The number of nitrogens with zero attached hydrogens (tertiary/aromatic N) is 4. The fraction of sp³-hybridized carbons (Fsp3) is 0. The monoisotopic (exact) mass is 335 g/mol. The topological polar surface area (TPSA) is 63.6 Å². The van der Waals surface area contributed by atoms with Crippen LogP contribution in [0.25, 0.3) is 11.0 Å². The van der Waals surface area contributed by atoms with Gasteiger partial charge in [-0.1, -0.05) is 33.6 Å². The summed E-state index contributed by atoms with van der Waals surface area (Å²) < 4.78 is 0.967. The number of anilines is 2. The van der Waals surface area contributed by atoms with Gasteiger partial charge in [0.25, 0.3) is 0 Å². The maximum atomic E-state index is 5.90. The first kappa shape index (κ1) is 12.3. The molecule has 2 aromatic heterocycles. The summed E-state index contributed by atoms with van der Waals surface area (Å²) in [6, 6.07) is 11.1. The third kappa shape index (κ3) is 2.64. The van der Waals surface area contributed by atoms with Crippen LogP contribution in [0.2, 0.25) is 5.15 Å². The second-order valence-electron chi connectivity index (χ2n) is 3.78. The summed E-state index contributed by atoms with van der Waals surface area (Å²) in [5.74, 6) is 0.519. The van der Waals surface area contributed by atoms with Crippen molar-refractivity contribution in [1.29, 1.82) is 0 Å². The molecule has 1 aromatic carbocycles. The molecule has 0 amide bonds. The summed E-state index contributed by atoms with van der Waals surface area (Å²) in [4.78, 5) is 4.22. The number of rotatable bonds is 2. The van der Waals surface area contributed by atoms with Crippen molar-refractivity contribution in [1.82, 2.24) is 20.4 Å². The van der Waals surface area contributed by atoms with Gasteiger partial charge in [0.2, 0.25) is 0 Å². The second-order valence-corrected chi connectivity index (χ2v) is 5.08. The molecule has 5 nitrogen and oxygen atoms in total. The third-order valence-electron chi connectivity index (χ3n) is 2.45. The zero-order valence-electron chi connectivity index (χ0n) is 9.51. The van der Waals surface area contributed by atoms with Crippen LogP contribution in [0, 0.1) is 0 Å². The molecule has 7 heteroatoms. The highest BCUT2D eigenvalue weighted by Crippen LogP contribution is 2.23. The third-order valence-corrected chi connectivity index (χ3v) is 3.15. The molecule has 0 radical (unpaired) electrons.